The zero-order valence-corrected chi connectivity index (χ0v) is 17.0. The molecule has 0 bridgehead atoms. The molecule has 1 aliphatic heterocycles. The number of rotatable bonds is 7. The first-order chi connectivity index (χ1) is 14.5. The molecule has 0 aromatic heterocycles. The molecule has 2 aromatic carbocycles. The summed E-state index contributed by atoms with van der Waals surface area (Å²) in [4.78, 5) is 30.2. The molecule has 1 saturated heterocycles. The van der Waals surface area contributed by atoms with E-state index < -0.39 is 5.82 Å². The Morgan fingerprint density at radius 1 is 1.17 bits per heavy atom. The van der Waals surface area contributed by atoms with Gasteiger partial charge in [-0.05, 0) is 49.2 Å². The number of hydrogen-bond acceptors (Lipinski definition) is 3. The van der Waals surface area contributed by atoms with E-state index in [1.165, 1.54) is 18.2 Å². The molecular formula is C22H26FN5O2. The smallest absolute Gasteiger partial charge is 0.243 e. The van der Waals surface area contributed by atoms with Crippen LogP contribution in [0.1, 0.15) is 25.3 Å². The SMILES string of the molecule is CCNC(=NCc1ccc(N2CCCC2=O)cc1)NCC(=O)Nc1cccc(F)c1. The quantitative estimate of drug-likeness (QED) is 0.483. The molecule has 1 heterocycles. The zero-order valence-electron chi connectivity index (χ0n) is 17.0. The van der Waals surface area contributed by atoms with Gasteiger partial charge in [0.1, 0.15) is 5.82 Å². The summed E-state index contributed by atoms with van der Waals surface area (Å²) in [5, 5.41) is 8.69. The maximum absolute atomic E-state index is 13.2. The number of benzene rings is 2. The van der Waals surface area contributed by atoms with Gasteiger partial charge in [0.2, 0.25) is 11.8 Å². The molecule has 1 aliphatic rings. The summed E-state index contributed by atoms with van der Waals surface area (Å²) >= 11 is 0. The summed E-state index contributed by atoms with van der Waals surface area (Å²) in [6.45, 7) is 3.77. The van der Waals surface area contributed by atoms with Crippen LogP contribution in [0.5, 0.6) is 0 Å². The molecule has 0 aliphatic carbocycles. The highest BCUT2D eigenvalue weighted by atomic mass is 19.1. The average Bonchev–Trinajstić information content (AvgIpc) is 3.16. The topological polar surface area (TPSA) is 85.8 Å². The molecule has 2 amide bonds. The molecule has 3 N–H and O–H groups in total. The second kappa shape index (κ2) is 10.4. The van der Waals surface area contributed by atoms with Crippen LogP contribution in [0.3, 0.4) is 0 Å². The van der Waals surface area contributed by atoms with Crippen LogP contribution in [0.25, 0.3) is 0 Å². The van der Waals surface area contributed by atoms with Crippen molar-refractivity contribution in [3.8, 4) is 0 Å². The van der Waals surface area contributed by atoms with Crippen molar-refractivity contribution in [1.29, 1.82) is 0 Å². The predicted molar refractivity (Wildman–Crippen MR) is 116 cm³/mol. The van der Waals surface area contributed by atoms with E-state index in [1.54, 1.807) is 11.0 Å². The standard InChI is InChI=1S/C22H26FN5O2/c1-2-24-22(26-15-20(29)27-18-6-3-5-17(23)13-18)25-14-16-8-10-19(11-9-16)28-12-4-7-21(28)30/h3,5-6,8-11,13H,2,4,7,12,14-15H2,1H3,(H,27,29)(H2,24,25,26). The Hall–Kier alpha value is -3.42. The first-order valence-electron chi connectivity index (χ1n) is 10.0. The third-order valence-corrected chi connectivity index (χ3v) is 4.61. The van der Waals surface area contributed by atoms with Crippen molar-refractivity contribution in [1.82, 2.24) is 10.6 Å². The summed E-state index contributed by atoms with van der Waals surface area (Å²) in [5.74, 6) is -0.0387. The highest BCUT2D eigenvalue weighted by Crippen LogP contribution is 2.21. The normalized spacial score (nSPS) is 14.0. The van der Waals surface area contributed by atoms with Crippen molar-refractivity contribution in [2.45, 2.75) is 26.3 Å². The van der Waals surface area contributed by atoms with Crippen molar-refractivity contribution >= 4 is 29.1 Å². The number of guanidine groups is 1. The second-order valence-electron chi connectivity index (χ2n) is 6.92. The molecule has 3 rings (SSSR count). The van der Waals surface area contributed by atoms with E-state index in [0.717, 1.165) is 24.2 Å². The average molecular weight is 411 g/mol. The zero-order chi connectivity index (χ0) is 21.3. The molecule has 0 unspecified atom stereocenters. The molecule has 2 aromatic rings. The largest absolute Gasteiger partial charge is 0.357 e. The number of carbonyl (C=O) groups is 2. The highest BCUT2D eigenvalue weighted by Gasteiger charge is 2.21. The van der Waals surface area contributed by atoms with Crippen LogP contribution in [-0.2, 0) is 16.1 Å². The van der Waals surface area contributed by atoms with Gasteiger partial charge in [-0.2, -0.15) is 0 Å². The second-order valence-corrected chi connectivity index (χ2v) is 6.92. The number of amides is 2. The number of carbonyl (C=O) groups excluding carboxylic acids is 2. The van der Waals surface area contributed by atoms with Gasteiger partial charge in [0, 0.05) is 30.9 Å². The van der Waals surface area contributed by atoms with E-state index in [1.807, 2.05) is 31.2 Å². The van der Waals surface area contributed by atoms with E-state index in [4.69, 9.17) is 0 Å². The highest BCUT2D eigenvalue weighted by molar-refractivity contribution is 5.95. The van der Waals surface area contributed by atoms with E-state index in [2.05, 4.69) is 20.9 Å². The number of nitrogens with one attached hydrogen (secondary N) is 3. The lowest BCUT2D eigenvalue weighted by molar-refractivity contribution is -0.117. The lowest BCUT2D eigenvalue weighted by Crippen LogP contribution is -2.41. The first kappa shape index (κ1) is 21.3. The van der Waals surface area contributed by atoms with E-state index in [9.17, 15) is 14.0 Å². The van der Waals surface area contributed by atoms with Crippen LogP contribution in [0, 0.1) is 5.82 Å². The van der Waals surface area contributed by atoms with Crippen LogP contribution < -0.4 is 20.9 Å². The van der Waals surface area contributed by atoms with Crippen LogP contribution >= 0.6 is 0 Å². The minimum atomic E-state index is -0.407. The van der Waals surface area contributed by atoms with E-state index in [-0.39, 0.29) is 18.4 Å². The molecule has 0 saturated carbocycles. The van der Waals surface area contributed by atoms with Crippen molar-refractivity contribution in [3.63, 3.8) is 0 Å². The summed E-state index contributed by atoms with van der Waals surface area (Å²) in [6.07, 6.45) is 1.51. The molecule has 0 spiro atoms. The minimum Gasteiger partial charge on any atom is -0.357 e. The van der Waals surface area contributed by atoms with Crippen molar-refractivity contribution < 1.29 is 14.0 Å². The van der Waals surface area contributed by atoms with Gasteiger partial charge >= 0.3 is 0 Å². The molecule has 8 heteroatoms. The molecule has 7 nitrogen and oxygen atoms in total. The van der Waals surface area contributed by atoms with E-state index >= 15 is 0 Å². The van der Waals surface area contributed by atoms with Gasteiger partial charge in [0.05, 0.1) is 13.1 Å². The van der Waals surface area contributed by atoms with Gasteiger partial charge in [-0.15, -0.1) is 0 Å². The fraction of sp³-hybridized carbons (Fsp3) is 0.318. The lowest BCUT2D eigenvalue weighted by atomic mass is 10.2. The summed E-state index contributed by atoms with van der Waals surface area (Å²) in [6, 6.07) is 13.5. The predicted octanol–water partition coefficient (Wildman–Crippen LogP) is 2.65. The summed E-state index contributed by atoms with van der Waals surface area (Å²) in [7, 11) is 0. The number of nitrogens with zero attached hydrogens (tertiary/aromatic N) is 2. The molecule has 0 radical (unpaired) electrons. The van der Waals surface area contributed by atoms with Crippen LogP contribution in [0.2, 0.25) is 0 Å². The first-order valence-corrected chi connectivity index (χ1v) is 10.0. The van der Waals surface area contributed by atoms with Crippen LogP contribution in [-0.4, -0.2) is 37.4 Å². The monoisotopic (exact) mass is 411 g/mol. The van der Waals surface area contributed by atoms with Gasteiger partial charge in [-0.3, -0.25) is 9.59 Å². The van der Waals surface area contributed by atoms with Gasteiger partial charge in [0.15, 0.2) is 5.96 Å². The molecular weight excluding hydrogens is 385 g/mol. The Kier molecular flexibility index (Phi) is 7.37. The Morgan fingerprint density at radius 3 is 2.63 bits per heavy atom. The molecule has 30 heavy (non-hydrogen) atoms. The summed E-state index contributed by atoms with van der Waals surface area (Å²) < 4.78 is 13.2. The number of aliphatic imine (C=N–C) groups is 1. The number of halogens is 1. The van der Waals surface area contributed by atoms with Crippen molar-refractivity contribution in [2.75, 3.05) is 29.9 Å². The lowest BCUT2D eigenvalue weighted by Gasteiger charge is -2.16. The summed E-state index contributed by atoms with van der Waals surface area (Å²) in [5.41, 5.74) is 2.30. The molecule has 158 valence electrons. The van der Waals surface area contributed by atoms with Gasteiger partial charge in [-0.1, -0.05) is 18.2 Å². The van der Waals surface area contributed by atoms with Gasteiger partial charge in [0.25, 0.3) is 0 Å². The maximum atomic E-state index is 13.2. The van der Waals surface area contributed by atoms with Crippen LogP contribution in [0.15, 0.2) is 53.5 Å². The Morgan fingerprint density at radius 2 is 1.97 bits per heavy atom. The van der Waals surface area contributed by atoms with Gasteiger partial charge in [-0.25, -0.2) is 9.38 Å². The third kappa shape index (κ3) is 6.04. The maximum Gasteiger partial charge on any atom is 0.243 e. The Balaban J connectivity index is 1.53. The number of hydrogen-bond donors (Lipinski definition) is 3. The fourth-order valence-corrected chi connectivity index (χ4v) is 3.15. The van der Waals surface area contributed by atoms with Crippen molar-refractivity contribution in [2.24, 2.45) is 4.99 Å². The minimum absolute atomic E-state index is 0.00163. The van der Waals surface area contributed by atoms with E-state index in [0.29, 0.717) is 31.2 Å². The Labute approximate surface area is 175 Å². The fourth-order valence-electron chi connectivity index (χ4n) is 3.15. The third-order valence-electron chi connectivity index (χ3n) is 4.61. The molecule has 0 atom stereocenters. The number of anilines is 2. The van der Waals surface area contributed by atoms with Crippen LogP contribution in [0.4, 0.5) is 15.8 Å². The molecule has 1 fully saturated rings. The van der Waals surface area contributed by atoms with Crippen molar-refractivity contribution in [3.05, 3.63) is 59.9 Å². The van der Waals surface area contributed by atoms with Gasteiger partial charge < -0.3 is 20.9 Å². The Bertz CT molecular complexity index is 914.